The number of hydrogen-bond donors (Lipinski definition) is 1. The number of rotatable bonds is 4. The number of halogens is 2. The molecule has 2 heterocycles. The molecule has 2 N–H and O–H groups in total. The summed E-state index contributed by atoms with van der Waals surface area (Å²) in [7, 11) is 1.19. The van der Waals surface area contributed by atoms with Crippen molar-refractivity contribution in [3.8, 4) is 0 Å². The number of hydrogen-bond acceptors (Lipinski definition) is 7. The summed E-state index contributed by atoms with van der Waals surface area (Å²) in [6.45, 7) is 3.46. The predicted octanol–water partition coefficient (Wildman–Crippen LogP) is 3.17. The fraction of sp³-hybridized carbons (Fsp3) is 0.316. The summed E-state index contributed by atoms with van der Waals surface area (Å²) in [6, 6.07) is 4.69. The molecule has 1 fully saturated rings. The molecule has 2 atom stereocenters. The van der Waals surface area contributed by atoms with Gasteiger partial charge in [0.05, 0.1) is 41.1 Å². The predicted molar refractivity (Wildman–Crippen MR) is 110 cm³/mol. The zero-order valence-corrected chi connectivity index (χ0v) is 18.2. The summed E-state index contributed by atoms with van der Waals surface area (Å²) in [5.41, 5.74) is 6.71. The number of carbonyl (C=O) groups is 3. The molecule has 1 saturated heterocycles. The molecule has 2 aliphatic rings. The second-order valence-electron chi connectivity index (χ2n) is 6.26. The lowest BCUT2D eigenvalue weighted by atomic mass is 9.82. The van der Waals surface area contributed by atoms with Gasteiger partial charge in [-0.05, 0) is 31.5 Å². The highest BCUT2D eigenvalue weighted by Gasteiger charge is 2.49. The van der Waals surface area contributed by atoms with E-state index in [2.05, 4.69) is 0 Å². The van der Waals surface area contributed by atoms with E-state index in [9.17, 15) is 14.4 Å². The number of nitrogens with two attached hydrogens (primary N) is 1. The molecular weight excluding hydrogens is 439 g/mol. The smallest absolute Gasteiger partial charge is 0.338 e. The van der Waals surface area contributed by atoms with Crippen LogP contribution in [0.3, 0.4) is 0 Å². The quantitative estimate of drug-likeness (QED) is 0.694. The molecule has 1 aromatic rings. The van der Waals surface area contributed by atoms with Gasteiger partial charge >= 0.3 is 11.9 Å². The molecule has 0 aromatic heterocycles. The van der Waals surface area contributed by atoms with E-state index in [1.165, 1.54) is 29.8 Å². The summed E-state index contributed by atoms with van der Waals surface area (Å²) in [4.78, 5) is 39.5. The number of esters is 2. The number of thioether (sulfide) groups is 1. The molecule has 10 heteroatoms. The fourth-order valence-electron chi connectivity index (χ4n) is 3.29. The summed E-state index contributed by atoms with van der Waals surface area (Å²) < 4.78 is 10.1. The number of methoxy groups -OCH3 is 1. The Labute approximate surface area is 181 Å². The van der Waals surface area contributed by atoms with E-state index in [-0.39, 0.29) is 34.5 Å². The summed E-state index contributed by atoms with van der Waals surface area (Å²) in [6.07, 6.45) is 0. The topological polar surface area (TPSA) is 98.9 Å². The van der Waals surface area contributed by atoms with E-state index in [0.29, 0.717) is 15.6 Å². The van der Waals surface area contributed by atoms with Crippen molar-refractivity contribution in [2.45, 2.75) is 25.0 Å². The molecule has 29 heavy (non-hydrogen) atoms. The first-order valence-electron chi connectivity index (χ1n) is 8.67. The van der Waals surface area contributed by atoms with Gasteiger partial charge in [0, 0.05) is 10.0 Å². The number of fused-ring (bicyclic) bond motifs is 1. The van der Waals surface area contributed by atoms with E-state index in [1.807, 2.05) is 0 Å². The van der Waals surface area contributed by atoms with Gasteiger partial charge in [-0.2, -0.15) is 0 Å². The lowest BCUT2D eigenvalue weighted by molar-refractivity contribution is -0.139. The van der Waals surface area contributed by atoms with Crippen LogP contribution < -0.4 is 5.73 Å². The van der Waals surface area contributed by atoms with Crippen molar-refractivity contribution in [2.75, 3.05) is 13.7 Å². The lowest BCUT2D eigenvalue weighted by Gasteiger charge is -2.33. The van der Waals surface area contributed by atoms with Crippen molar-refractivity contribution in [2.24, 2.45) is 5.73 Å². The molecule has 0 aliphatic carbocycles. The van der Waals surface area contributed by atoms with Gasteiger partial charge in [0.2, 0.25) is 5.91 Å². The van der Waals surface area contributed by atoms with Crippen molar-refractivity contribution in [3.63, 3.8) is 0 Å². The molecule has 0 saturated carbocycles. The third-order valence-electron chi connectivity index (χ3n) is 4.56. The van der Waals surface area contributed by atoms with Crippen LogP contribution >= 0.6 is 35.0 Å². The third kappa shape index (κ3) is 3.60. The van der Waals surface area contributed by atoms with Gasteiger partial charge in [-0.25, -0.2) is 9.59 Å². The van der Waals surface area contributed by atoms with Crippen LogP contribution in [0.15, 0.2) is 40.2 Å². The average molecular weight is 457 g/mol. The number of ether oxygens (including phenoxy) is 2. The first-order chi connectivity index (χ1) is 13.7. The molecule has 3 rings (SSSR count). The Morgan fingerprint density at radius 1 is 1.24 bits per heavy atom. The molecule has 7 nitrogen and oxygen atoms in total. The van der Waals surface area contributed by atoms with Crippen molar-refractivity contribution in [3.05, 3.63) is 55.8 Å². The Morgan fingerprint density at radius 2 is 1.93 bits per heavy atom. The summed E-state index contributed by atoms with van der Waals surface area (Å²) in [5.74, 6) is -2.88. The van der Waals surface area contributed by atoms with Gasteiger partial charge in [-0.3, -0.25) is 9.69 Å². The van der Waals surface area contributed by atoms with Gasteiger partial charge in [-0.1, -0.05) is 41.0 Å². The Morgan fingerprint density at radius 3 is 2.52 bits per heavy atom. The van der Waals surface area contributed by atoms with Gasteiger partial charge in [-0.15, -0.1) is 0 Å². The maximum absolute atomic E-state index is 13.0. The highest BCUT2D eigenvalue weighted by molar-refractivity contribution is 8.04. The van der Waals surface area contributed by atoms with Crippen LogP contribution in [0.25, 0.3) is 0 Å². The minimum Gasteiger partial charge on any atom is -0.466 e. The second-order valence-corrected chi connectivity index (χ2v) is 8.44. The Hall–Kier alpha value is -2.16. The molecule has 2 aliphatic heterocycles. The Balaban J connectivity index is 2.35. The Bertz CT molecular complexity index is 975. The molecule has 0 bridgehead atoms. The van der Waals surface area contributed by atoms with Crippen LogP contribution in [0.2, 0.25) is 10.0 Å². The molecule has 154 valence electrons. The first kappa shape index (κ1) is 21.5. The number of benzene rings is 1. The van der Waals surface area contributed by atoms with E-state index in [4.69, 9.17) is 38.4 Å². The zero-order valence-electron chi connectivity index (χ0n) is 15.8. The Kier molecular flexibility index (Phi) is 6.16. The minimum atomic E-state index is -0.983. The van der Waals surface area contributed by atoms with E-state index in [0.717, 1.165) is 0 Å². The van der Waals surface area contributed by atoms with Crippen LogP contribution in [0.5, 0.6) is 0 Å². The van der Waals surface area contributed by atoms with Gasteiger partial charge in [0.15, 0.2) is 0 Å². The minimum absolute atomic E-state index is 0.0634. The molecular formula is C19H18Cl2N2O5S. The van der Waals surface area contributed by atoms with E-state index in [1.54, 1.807) is 26.0 Å². The molecule has 1 aromatic carbocycles. The molecule has 0 spiro atoms. The standard InChI is InChI=1S/C19H18Cl2N2O5S/c1-4-28-19(26)14-12(10-6-5-9(20)7-11(10)21)13(18(25)27-3)15(22)23-16(24)8(2)29-17(14)23/h5-8,12H,4,22H2,1-3H3. The van der Waals surface area contributed by atoms with Gasteiger partial charge < -0.3 is 15.2 Å². The van der Waals surface area contributed by atoms with Crippen LogP contribution in [-0.2, 0) is 23.9 Å². The number of amides is 1. The lowest BCUT2D eigenvalue weighted by Crippen LogP contribution is -2.40. The SMILES string of the molecule is CCOC(=O)C1=C2SC(C)C(=O)N2C(N)=C(C(=O)OC)C1c1ccc(Cl)cc1Cl. The zero-order chi connectivity index (χ0) is 21.5. The van der Waals surface area contributed by atoms with Crippen LogP contribution in [-0.4, -0.2) is 41.7 Å². The van der Waals surface area contributed by atoms with E-state index >= 15 is 0 Å². The number of carbonyl (C=O) groups excluding carboxylic acids is 3. The van der Waals surface area contributed by atoms with Crippen LogP contribution in [0, 0.1) is 0 Å². The molecule has 1 amide bonds. The summed E-state index contributed by atoms with van der Waals surface area (Å²) >= 11 is 13.6. The van der Waals surface area contributed by atoms with Crippen molar-refractivity contribution >= 4 is 52.8 Å². The summed E-state index contributed by atoms with van der Waals surface area (Å²) in [5, 5.41) is 0.445. The highest BCUT2D eigenvalue weighted by atomic mass is 35.5. The maximum atomic E-state index is 13.0. The molecule has 2 unspecified atom stereocenters. The third-order valence-corrected chi connectivity index (χ3v) is 6.30. The van der Waals surface area contributed by atoms with Gasteiger partial charge in [0.25, 0.3) is 0 Å². The fourth-order valence-corrected chi connectivity index (χ4v) is 4.97. The van der Waals surface area contributed by atoms with Gasteiger partial charge in [0.1, 0.15) is 5.82 Å². The highest BCUT2D eigenvalue weighted by Crippen LogP contribution is 2.50. The van der Waals surface area contributed by atoms with Crippen molar-refractivity contribution < 1.29 is 23.9 Å². The van der Waals surface area contributed by atoms with Crippen molar-refractivity contribution in [1.29, 1.82) is 0 Å². The maximum Gasteiger partial charge on any atom is 0.338 e. The van der Waals surface area contributed by atoms with Crippen molar-refractivity contribution in [1.82, 2.24) is 4.90 Å². The average Bonchev–Trinajstić information content (AvgIpc) is 2.96. The number of nitrogens with zero attached hydrogens (tertiary/aromatic N) is 1. The normalized spacial score (nSPS) is 21.4. The van der Waals surface area contributed by atoms with E-state index < -0.39 is 23.1 Å². The monoisotopic (exact) mass is 456 g/mol. The molecule has 0 radical (unpaired) electrons. The van der Waals surface area contributed by atoms with Crippen LogP contribution in [0.4, 0.5) is 0 Å². The van der Waals surface area contributed by atoms with Crippen LogP contribution in [0.1, 0.15) is 25.3 Å². The largest absolute Gasteiger partial charge is 0.466 e. The second kappa shape index (κ2) is 8.30. The first-order valence-corrected chi connectivity index (χ1v) is 10.3.